The number of amides is 1. The van der Waals surface area contributed by atoms with Crippen LogP contribution in [0.3, 0.4) is 0 Å². The second-order valence-electron chi connectivity index (χ2n) is 6.61. The van der Waals surface area contributed by atoms with Crippen molar-refractivity contribution in [3.8, 4) is 0 Å². The molecule has 130 valence electrons. The van der Waals surface area contributed by atoms with Gasteiger partial charge in [0.2, 0.25) is 5.91 Å². The SMILES string of the molecule is O=C(NC(C(=O)O)(c1ccccc1)c1ccccc1)C1CCCCC1. The van der Waals surface area contributed by atoms with E-state index in [1.807, 2.05) is 12.1 Å². The minimum Gasteiger partial charge on any atom is -0.479 e. The summed E-state index contributed by atoms with van der Waals surface area (Å²) in [5.74, 6) is -1.36. The lowest BCUT2D eigenvalue weighted by molar-refractivity contribution is -0.147. The number of benzene rings is 2. The van der Waals surface area contributed by atoms with Crippen molar-refractivity contribution in [3.63, 3.8) is 0 Å². The van der Waals surface area contributed by atoms with Gasteiger partial charge in [-0.05, 0) is 24.0 Å². The fourth-order valence-electron chi connectivity index (χ4n) is 3.64. The van der Waals surface area contributed by atoms with Gasteiger partial charge in [0.25, 0.3) is 0 Å². The molecule has 1 aliphatic rings. The number of hydrogen-bond donors (Lipinski definition) is 2. The lowest BCUT2D eigenvalue weighted by Crippen LogP contribution is -2.54. The van der Waals surface area contributed by atoms with Crippen molar-refractivity contribution in [2.45, 2.75) is 37.6 Å². The molecule has 0 bridgehead atoms. The maximum Gasteiger partial charge on any atom is 0.338 e. The average molecular weight is 337 g/mol. The van der Waals surface area contributed by atoms with Gasteiger partial charge in [0.15, 0.2) is 5.54 Å². The summed E-state index contributed by atoms with van der Waals surface area (Å²) in [5.41, 5.74) is -0.465. The minimum atomic E-state index is -1.57. The van der Waals surface area contributed by atoms with E-state index in [4.69, 9.17) is 0 Å². The van der Waals surface area contributed by atoms with Crippen molar-refractivity contribution in [1.29, 1.82) is 0 Å². The summed E-state index contributed by atoms with van der Waals surface area (Å²) >= 11 is 0. The Labute approximate surface area is 147 Å². The van der Waals surface area contributed by atoms with Crippen molar-refractivity contribution in [2.75, 3.05) is 0 Å². The Hall–Kier alpha value is -2.62. The van der Waals surface area contributed by atoms with Gasteiger partial charge in [-0.25, -0.2) is 4.79 Å². The van der Waals surface area contributed by atoms with Crippen LogP contribution in [0.25, 0.3) is 0 Å². The van der Waals surface area contributed by atoms with Gasteiger partial charge in [-0.1, -0.05) is 79.9 Å². The van der Waals surface area contributed by atoms with Crippen LogP contribution in [0.4, 0.5) is 0 Å². The van der Waals surface area contributed by atoms with Gasteiger partial charge in [-0.15, -0.1) is 0 Å². The van der Waals surface area contributed by atoms with E-state index in [9.17, 15) is 14.7 Å². The smallest absolute Gasteiger partial charge is 0.338 e. The number of nitrogens with one attached hydrogen (secondary N) is 1. The third kappa shape index (κ3) is 3.43. The van der Waals surface area contributed by atoms with Crippen LogP contribution in [0.2, 0.25) is 0 Å². The molecule has 1 aliphatic carbocycles. The molecule has 2 aromatic carbocycles. The van der Waals surface area contributed by atoms with Crippen LogP contribution in [0.5, 0.6) is 0 Å². The summed E-state index contributed by atoms with van der Waals surface area (Å²) < 4.78 is 0. The van der Waals surface area contributed by atoms with Crippen molar-refractivity contribution < 1.29 is 14.7 Å². The van der Waals surface area contributed by atoms with Gasteiger partial charge < -0.3 is 10.4 Å². The Kier molecular flexibility index (Phi) is 5.17. The molecule has 0 atom stereocenters. The van der Waals surface area contributed by atoms with Crippen LogP contribution in [0, 0.1) is 5.92 Å². The molecule has 0 saturated heterocycles. The topological polar surface area (TPSA) is 66.4 Å². The van der Waals surface area contributed by atoms with Crippen molar-refractivity contribution in [3.05, 3.63) is 71.8 Å². The van der Waals surface area contributed by atoms with Crippen molar-refractivity contribution in [2.24, 2.45) is 5.92 Å². The van der Waals surface area contributed by atoms with Crippen LogP contribution < -0.4 is 5.32 Å². The third-order valence-electron chi connectivity index (χ3n) is 5.02. The van der Waals surface area contributed by atoms with Crippen molar-refractivity contribution >= 4 is 11.9 Å². The molecule has 0 heterocycles. The minimum absolute atomic E-state index is 0.111. The molecule has 4 nitrogen and oxygen atoms in total. The molecule has 0 spiro atoms. The molecule has 4 heteroatoms. The Morgan fingerprint density at radius 2 is 1.32 bits per heavy atom. The Morgan fingerprint density at radius 1 is 0.840 bits per heavy atom. The third-order valence-corrected chi connectivity index (χ3v) is 5.02. The maximum atomic E-state index is 12.9. The van der Waals surface area contributed by atoms with E-state index in [-0.39, 0.29) is 11.8 Å². The van der Waals surface area contributed by atoms with Crippen LogP contribution in [-0.4, -0.2) is 17.0 Å². The predicted octanol–water partition coefficient (Wildman–Crippen LogP) is 3.71. The Morgan fingerprint density at radius 3 is 1.76 bits per heavy atom. The highest BCUT2D eigenvalue weighted by molar-refractivity contribution is 5.92. The fourth-order valence-corrected chi connectivity index (χ4v) is 3.64. The Bertz CT molecular complexity index is 682. The first-order valence-electron chi connectivity index (χ1n) is 8.81. The van der Waals surface area contributed by atoms with E-state index in [0.29, 0.717) is 11.1 Å². The lowest BCUT2D eigenvalue weighted by Gasteiger charge is -2.34. The van der Waals surface area contributed by atoms with Gasteiger partial charge in [-0.3, -0.25) is 4.79 Å². The monoisotopic (exact) mass is 337 g/mol. The van der Waals surface area contributed by atoms with Gasteiger partial charge in [0, 0.05) is 5.92 Å². The molecule has 1 fully saturated rings. The van der Waals surface area contributed by atoms with Gasteiger partial charge in [0.05, 0.1) is 0 Å². The van der Waals surface area contributed by atoms with E-state index in [2.05, 4.69) is 5.32 Å². The second-order valence-corrected chi connectivity index (χ2v) is 6.61. The largest absolute Gasteiger partial charge is 0.479 e. The summed E-state index contributed by atoms with van der Waals surface area (Å²) in [4.78, 5) is 25.3. The maximum absolute atomic E-state index is 12.9. The standard InChI is InChI=1S/C21H23NO3/c23-19(16-10-4-1-5-11-16)22-21(20(24)25,17-12-6-2-7-13-17)18-14-8-3-9-15-18/h2-3,6-9,12-16H,1,4-5,10-11H2,(H,22,23)(H,24,25). The van der Waals surface area contributed by atoms with E-state index in [1.165, 1.54) is 0 Å². The highest BCUT2D eigenvalue weighted by Crippen LogP contribution is 2.32. The number of carbonyl (C=O) groups excluding carboxylic acids is 1. The lowest BCUT2D eigenvalue weighted by atomic mass is 9.81. The summed E-state index contributed by atoms with van der Waals surface area (Å²) in [6, 6.07) is 17.9. The number of rotatable bonds is 5. The zero-order valence-electron chi connectivity index (χ0n) is 14.2. The molecule has 3 rings (SSSR count). The van der Waals surface area contributed by atoms with Gasteiger partial charge >= 0.3 is 5.97 Å². The summed E-state index contributed by atoms with van der Waals surface area (Å²) in [5, 5.41) is 13.1. The number of carboxylic acids is 1. The molecular weight excluding hydrogens is 314 g/mol. The molecule has 0 unspecified atom stereocenters. The first kappa shape index (κ1) is 17.2. The highest BCUT2D eigenvalue weighted by atomic mass is 16.4. The first-order valence-corrected chi connectivity index (χ1v) is 8.81. The number of carboxylic acid groups (broad SMARTS) is 1. The van der Waals surface area contributed by atoms with Gasteiger partial charge in [-0.2, -0.15) is 0 Å². The van der Waals surface area contributed by atoms with Crippen LogP contribution in [-0.2, 0) is 15.1 Å². The average Bonchev–Trinajstić information content (AvgIpc) is 2.67. The molecule has 0 aromatic heterocycles. The summed E-state index contributed by atoms with van der Waals surface area (Å²) in [6.07, 6.45) is 4.84. The van der Waals surface area contributed by atoms with E-state index < -0.39 is 11.5 Å². The van der Waals surface area contributed by atoms with E-state index in [0.717, 1.165) is 32.1 Å². The van der Waals surface area contributed by atoms with Crippen LogP contribution >= 0.6 is 0 Å². The Balaban J connectivity index is 2.04. The van der Waals surface area contributed by atoms with E-state index >= 15 is 0 Å². The zero-order chi connectivity index (χ0) is 17.7. The van der Waals surface area contributed by atoms with Gasteiger partial charge in [0.1, 0.15) is 0 Å². The molecule has 1 saturated carbocycles. The molecule has 0 radical (unpaired) electrons. The molecular formula is C21H23NO3. The highest BCUT2D eigenvalue weighted by Gasteiger charge is 2.44. The predicted molar refractivity (Wildman–Crippen MR) is 96.0 cm³/mol. The molecule has 0 aliphatic heterocycles. The molecule has 2 aromatic rings. The van der Waals surface area contributed by atoms with Crippen LogP contribution in [0.15, 0.2) is 60.7 Å². The molecule has 25 heavy (non-hydrogen) atoms. The first-order chi connectivity index (χ1) is 12.1. The number of hydrogen-bond acceptors (Lipinski definition) is 2. The number of aliphatic carboxylic acids is 1. The summed E-state index contributed by atoms with van der Waals surface area (Å²) in [6.45, 7) is 0. The second kappa shape index (κ2) is 7.51. The fraction of sp³-hybridized carbons (Fsp3) is 0.333. The molecule has 2 N–H and O–H groups in total. The quantitative estimate of drug-likeness (QED) is 0.874. The normalized spacial score (nSPS) is 15.5. The summed E-state index contributed by atoms with van der Waals surface area (Å²) in [7, 11) is 0. The zero-order valence-corrected chi connectivity index (χ0v) is 14.2. The van der Waals surface area contributed by atoms with Crippen molar-refractivity contribution in [1.82, 2.24) is 5.32 Å². The number of carbonyl (C=O) groups is 2. The van der Waals surface area contributed by atoms with E-state index in [1.54, 1.807) is 48.5 Å². The van der Waals surface area contributed by atoms with Crippen LogP contribution in [0.1, 0.15) is 43.2 Å². The molecule has 1 amide bonds.